The summed E-state index contributed by atoms with van der Waals surface area (Å²) in [5.41, 5.74) is 1.58. The molecule has 5 nitrogen and oxygen atoms in total. The van der Waals surface area contributed by atoms with Crippen LogP contribution >= 0.6 is 0 Å². The van der Waals surface area contributed by atoms with Crippen molar-refractivity contribution in [2.24, 2.45) is 0 Å². The number of carbonyl (C=O) groups is 1. The number of phenols is 1. The van der Waals surface area contributed by atoms with Gasteiger partial charge in [-0.3, -0.25) is 9.48 Å². The Morgan fingerprint density at radius 2 is 2.17 bits per heavy atom. The molecule has 0 aliphatic carbocycles. The van der Waals surface area contributed by atoms with Crippen molar-refractivity contribution in [1.82, 2.24) is 9.78 Å². The van der Waals surface area contributed by atoms with Crippen LogP contribution in [0.3, 0.4) is 0 Å². The number of aromatic nitrogens is 2. The number of nitrogens with one attached hydrogen (secondary N) is 1. The first-order valence-electron chi connectivity index (χ1n) is 5.75. The number of rotatable bonds is 3. The van der Waals surface area contributed by atoms with Gasteiger partial charge in [0, 0.05) is 12.7 Å². The molecule has 0 unspecified atom stereocenters. The summed E-state index contributed by atoms with van der Waals surface area (Å²) >= 11 is 0. The van der Waals surface area contributed by atoms with Crippen molar-refractivity contribution < 1.29 is 9.90 Å². The first-order chi connectivity index (χ1) is 8.61. The Morgan fingerprint density at radius 3 is 2.78 bits per heavy atom. The average Bonchev–Trinajstić information content (AvgIpc) is 2.73. The average molecular weight is 245 g/mol. The summed E-state index contributed by atoms with van der Waals surface area (Å²) in [6.45, 7) is 4.45. The molecule has 0 fully saturated rings. The summed E-state index contributed by atoms with van der Waals surface area (Å²) in [5.74, 6) is -0.222. The van der Waals surface area contributed by atoms with Crippen molar-refractivity contribution in [3.8, 4) is 5.75 Å². The molecule has 1 aromatic carbocycles. The smallest absolute Gasteiger partial charge is 0.259 e. The number of nitrogens with zero attached hydrogens (tertiary/aromatic N) is 2. The summed E-state index contributed by atoms with van der Waals surface area (Å²) in [5, 5.41) is 16.5. The second-order valence-electron chi connectivity index (χ2n) is 3.96. The first-order valence-corrected chi connectivity index (χ1v) is 5.75. The van der Waals surface area contributed by atoms with Crippen molar-refractivity contribution in [2.45, 2.75) is 20.4 Å². The number of hydrogen-bond acceptors (Lipinski definition) is 3. The van der Waals surface area contributed by atoms with Crippen molar-refractivity contribution in [3.63, 3.8) is 0 Å². The van der Waals surface area contributed by atoms with Crippen molar-refractivity contribution in [1.29, 1.82) is 0 Å². The van der Waals surface area contributed by atoms with Crippen LogP contribution < -0.4 is 5.32 Å². The van der Waals surface area contributed by atoms with Crippen LogP contribution in [0.4, 0.5) is 5.69 Å². The highest BCUT2D eigenvalue weighted by Gasteiger charge is 2.14. The van der Waals surface area contributed by atoms with E-state index >= 15 is 0 Å². The van der Waals surface area contributed by atoms with Gasteiger partial charge in [0.05, 0.1) is 16.9 Å². The first kappa shape index (κ1) is 12.2. The number of hydrogen-bond donors (Lipinski definition) is 2. The van der Waals surface area contributed by atoms with Crippen LogP contribution in [-0.2, 0) is 6.54 Å². The molecule has 0 atom stereocenters. The number of aryl methyl sites for hydroxylation is 2. The second-order valence-corrected chi connectivity index (χ2v) is 3.96. The Balaban J connectivity index is 2.22. The van der Waals surface area contributed by atoms with E-state index in [9.17, 15) is 9.90 Å². The third kappa shape index (κ3) is 2.34. The minimum absolute atomic E-state index is 0.0476. The summed E-state index contributed by atoms with van der Waals surface area (Å²) in [4.78, 5) is 12.0. The van der Waals surface area contributed by atoms with Crippen LogP contribution in [0.5, 0.6) is 5.75 Å². The quantitative estimate of drug-likeness (QED) is 0.814. The number of anilines is 1. The molecule has 2 N–H and O–H groups in total. The fourth-order valence-corrected chi connectivity index (χ4v) is 1.67. The highest BCUT2D eigenvalue weighted by Crippen LogP contribution is 2.22. The van der Waals surface area contributed by atoms with Crippen LogP contribution in [0.25, 0.3) is 0 Å². The molecule has 0 aliphatic rings. The molecule has 0 saturated heterocycles. The Kier molecular flexibility index (Phi) is 3.32. The van der Waals surface area contributed by atoms with Gasteiger partial charge in [-0.2, -0.15) is 5.10 Å². The highest BCUT2D eigenvalue weighted by molar-refractivity contribution is 6.05. The van der Waals surface area contributed by atoms with E-state index in [1.807, 2.05) is 6.92 Å². The van der Waals surface area contributed by atoms with Crippen molar-refractivity contribution in [2.75, 3.05) is 5.32 Å². The highest BCUT2D eigenvalue weighted by atomic mass is 16.3. The minimum atomic E-state index is -0.270. The van der Waals surface area contributed by atoms with Gasteiger partial charge in [0.15, 0.2) is 0 Å². The number of amides is 1. The number of aromatic hydroxyl groups is 1. The van der Waals surface area contributed by atoms with Gasteiger partial charge in [-0.15, -0.1) is 0 Å². The molecule has 0 aliphatic heterocycles. The van der Waals surface area contributed by atoms with E-state index in [1.54, 1.807) is 36.0 Å². The number of carbonyl (C=O) groups excluding carboxylic acids is 1. The summed E-state index contributed by atoms with van der Waals surface area (Å²) < 4.78 is 1.70. The molecule has 94 valence electrons. The molecule has 18 heavy (non-hydrogen) atoms. The third-order valence-corrected chi connectivity index (χ3v) is 2.67. The Hall–Kier alpha value is -2.30. The lowest BCUT2D eigenvalue weighted by atomic mass is 10.2. The van der Waals surface area contributed by atoms with Gasteiger partial charge in [0.2, 0.25) is 0 Å². The zero-order valence-electron chi connectivity index (χ0n) is 10.3. The maximum absolute atomic E-state index is 12.0. The Labute approximate surface area is 105 Å². The number of benzene rings is 1. The molecule has 1 aromatic heterocycles. The van der Waals surface area contributed by atoms with E-state index in [0.29, 0.717) is 23.5 Å². The fourth-order valence-electron chi connectivity index (χ4n) is 1.67. The largest absolute Gasteiger partial charge is 0.506 e. The molecule has 0 radical (unpaired) electrons. The van der Waals surface area contributed by atoms with Gasteiger partial charge in [0.25, 0.3) is 5.91 Å². The van der Waals surface area contributed by atoms with Crippen molar-refractivity contribution in [3.05, 3.63) is 41.7 Å². The van der Waals surface area contributed by atoms with Crippen LogP contribution in [-0.4, -0.2) is 20.8 Å². The van der Waals surface area contributed by atoms with Crippen LogP contribution in [0.15, 0.2) is 30.5 Å². The standard InChI is InChI=1S/C13H15N3O2/c1-3-16-8-10(9(2)15-16)13(18)14-11-6-4-5-7-12(11)17/h4-8,17H,3H2,1-2H3,(H,14,18). The summed E-state index contributed by atoms with van der Waals surface area (Å²) in [6, 6.07) is 6.62. The van der Waals surface area contributed by atoms with E-state index in [2.05, 4.69) is 10.4 Å². The summed E-state index contributed by atoms with van der Waals surface area (Å²) in [6.07, 6.45) is 1.70. The molecule has 5 heteroatoms. The lowest BCUT2D eigenvalue weighted by Gasteiger charge is -2.05. The van der Waals surface area contributed by atoms with Crippen LogP contribution in [0.1, 0.15) is 23.0 Å². The molecule has 0 spiro atoms. The normalized spacial score (nSPS) is 10.3. The second kappa shape index (κ2) is 4.91. The molecule has 2 aromatic rings. The van der Waals surface area contributed by atoms with Gasteiger partial charge in [-0.05, 0) is 26.0 Å². The van der Waals surface area contributed by atoms with E-state index in [4.69, 9.17) is 0 Å². The van der Waals surface area contributed by atoms with E-state index in [0.717, 1.165) is 0 Å². The predicted octanol–water partition coefficient (Wildman–Crippen LogP) is 2.17. The van der Waals surface area contributed by atoms with Gasteiger partial charge >= 0.3 is 0 Å². The Bertz CT molecular complexity index is 575. The van der Waals surface area contributed by atoms with E-state index in [-0.39, 0.29) is 11.7 Å². The molecule has 1 heterocycles. The van der Waals surface area contributed by atoms with E-state index < -0.39 is 0 Å². The Morgan fingerprint density at radius 1 is 1.44 bits per heavy atom. The molecule has 0 bridgehead atoms. The summed E-state index contributed by atoms with van der Waals surface area (Å²) in [7, 11) is 0. The fraction of sp³-hybridized carbons (Fsp3) is 0.231. The van der Waals surface area contributed by atoms with Crippen LogP contribution in [0, 0.1) is 6.92 Å². The van der Waals surface area contributed by atoms with Gasteiger partial charge in [0.1, 0.15) is 5.75 Å². The maximum atomic E-state index is 12.0. The van der Waals surface area contributed by atoms with Crippen molar-refractivity contribution >= 4 is 11.6 Å². The minimum Gasteiger partial charge on any atom is -0.506 e. The van der Waals surface area contributed by atoms with Gasteiger partial charge in [-0.25, -0.2) is 0 Å². The zero-order chi connectivity index (χ0) is 13.1. The monoisotopic (exact) mass is 245 g/mol. The number of para-hydroxylation sites is 2. The van der Waals surface area contributed by atoms with E-state index in [1.165, 1.54) is 6.07 Å². The molecule has 1 amide bonds. The van der Waals surface area contributed by atoms with Gasteiger partial charge < -0.3 is 10.4 Å². The lowest BCUT2D eigenvalue weighted by molar-refractivity contribution is 0.102. The maximum Gasteiger partial charge on any atom is 0.259 e. The zero-order valence-corrected chi connectivity index (χ0v) is 10.3. The SMILES string of the molecule is CCn1cc(C(=O)Nc2ccccc2O)c(C)n1. The molecular formula is C13H15N3O2. The lowest BCUT2D eigenvalue weighted by Crippen LogP contribution is -2.12. The molecular weight excluding hydrogens is 230 g/mol. The third-order valence-electron chi connectivity index (χ3n) is 2.67. The number of phenolic OH excluding ortho intramolecular Hbond substituents is 1. The van der Waals surface area contributed by atoms with Crippen LogP contribution in [0.2, 0.25) is 0 Å². The molecule has 0 saturated carbocycles. The molecule has 2 rings (SSSR count). The van der Waals surface area contributed by atoms with Gasteiger partial charge in [-0.1, -0.05) is 12.1 Å². The predicted molar refractivity (Wildman–Crippen MR) is 68.7 cm³/mol. The topological polar surface area (TPSA) is 67.2 Å².